The Morgan fingerprint density at radius 2 is 1.89 bits per heavy atom. The molecule has 0 spiro atoms. The molecule has 0 aromatic carbocycles. The summed E-state index contributed by atoms with van der Waals surface area (Å²) < 4.78 is 11.4. The molecule has 3 aliphatic heterocycles. The van der Waals surface area contributed by atoms with Crippen LogP contribution in [0.2, 0.25) is 0 Å². The highest BCUT2D eigenvalue weighted by Crippen LogP contribution is 2.34. The molecule has 8 nitrogen and oxygen atoms in total. The van der Waals surface area contributed by atoms with E-state index in [1.807, 2.05) is 9.80 Å². The van der Waals surface area contributed by atoms with Gasteiger partial charge in [0.05, 0.1) is 19.3 Å². The topological polar surface area (TPSA) is 84.9 Å². The van der Waals surface area contributed by atoms with Crippen molar-refractivity contribution in [2.45, 2.75) is 37.9 Å². The molecule has 0 N–H and O–H groups in total. The summed E-state index contributed by atoms with van der Waals surface area (Å²) >= 11 is 0. The number of aromatic nitrogens is 2. The molecule has 3 fully saturated rings. The van der Waals surface area contributed by atoms with Gasteiger partial charge in [-0.05, 0) is 30.7 Å². The van der Waals surface area contributed by atoms with Crippen molar-refractivity contribution in [2.24, 2.45) is 5.92 Å². The second kappa shape index (κ2) is 8.31. The summed E-state index contributed by atoms with van der Waals surface area (Å²) in [5.74, 6) is 0.574. The molecule has 146 valence electrons. The Hall–Kier alpha value is -2.06. The van der Waals surface area contributed by atoms with Crippen LogP contribution < -0.4 is 0 Å². The molecule has 0 saturated carbocycles. The summed E-state index contributed by atoms with van der Waals surface area (Å²) in [7, 11) is 0. The average Bonchev–Trinajstić information content (AvgIpc) is 3.16. The standard InChI is InChI=1S/C19H26N4O4/c24-18(2-1-14-10-20-13-21-11-14)23-4-3-15-9-16(27-17(15)12-23)19(25)22-5-7-26-8-6-22/h10-11,13,15-17H,1-9,12H2/t15-,16-,17-/m0/s1. The first kappa shape index (κ1) is 18.3. The van der Waals surface area contributed by atoms with Crippen molar-refractivity contribution in [3.05, 3.63) is 24.3 Å². The number of nitrogens with zero attached hydrogens (tertiary/aromatic N) is 4. The van der Waals surface area contributed by atoms with E-state index >= 15 is 0 Å². The Kier molecular flexibility index (Phi) is 5.63. The van der Waals surface area contributed by atoms with Crippen LogP contribution in [-0.4, -0.2) is 83.2 Å². The third kappa shape index (κ3) is 4.27. The predicted octanol–water partition coefficient (Wildman–Crippen LogP) is 0.274. The summed E-state index contributed by atoms with van der Waals surface area (Å²) in [6, 6.07) is 0. The van der Waals surface area contributed by atoms with E-state index in [1.54, 1.807) is 12.4 Å². The van der Waals surface area contributed by atoms with Crippen molar-refractivity contribution >= 4 is 11.8 Å². The van der Waals surface area contributed by atoms with Crippen molar-refractivity contribution in [1.82, 2.24) is 19.8 Å². The van der Waals surface area contributed by atoms with Gasteiger partial charge in [-0.2, -0.15) is 0 Å². The van der Waals surface area contributed by atoms with Gasteiger partial charge in [-0.25, -0.2) is 9.97 Å². The zero-order valence-corrected chi connectivity index (χ0v) is 15.5. The zero-order chi connectivity index (χ0) is 18.6. The monoisotopic (exact) mass is 374 g/mol. The fourth-order valence-corrected chi connectivity index (χ4v) is 4.17. The molecule has 0 aliphatic carbocycles. The number of morpholine rings is 1. The Labute approximate surface area is 158 Å². The van der Waals surface area contributed by atoms with Crippen molar-refractivity contribution in [3.8, 4) is 0 Å². The number of carbonyl (C=O) groups excluding carboxylic acids is 2. The van der Waals surface area contributed by atoms with Gasteiger partial charge in [-0.1, -0.05) is 0 Å². The molecule has 2 amide bonds. The van der Waals surface area contributed by atoms with E-state index < -0.39 is 0 Å². The Morgan fingerprint density at radius 1 is 1.11 bits per heavy atom. The lowest BCUT2D eigenvalue weighted by Gasteiger charge is -2.34. The van der Waals surface area contributed by atoms with Crippen molar-refractivity contribution in [2.75, 3.05) is 39.4 Å². The van der Waals surface area contributed by atoms with Crippen LogP contribution in [0.5, 0.6) is 0 Å². The summed E-state index contributed by atoms with van der Waals surface area (Å²) in [6.07, 6.45) is 7.34. The molecular weight excluding hydrogens is 348 g/mol. The van der Waals surface area contributed by atoms with Crippen LogP contribution in [0.4, 0.5) is 0 Å². The molecule has 1 aromatic rings. The highest BCUT2D eigenvalue weighted by atomic mass is 16.5. The smallest absolute Gasteiger partial charge is 0.251 e. The number of rotatable bonds is 4. The molecular formula is C19H26N4O4. The van der Waals surface area contributed by atoms with E-state index in [9.17, 15) is 9.59 Å². The van der Waals surface area contributed by atoms with Gasteiger partial charge in [0.1, 0.15) is 12.4 Å². The fraction of sp³-hybridized carbons (Fsp3) is 0.684. The van der Waals surface area contributed by atoms with Crippen molar-refractivity contribution < 1.29 is 19.1 Å². The van der Waals surface area contributed by atoms with Gasteiger partial charge < -0.3 is 19.3 Å². The number of fused-ring (bicyclic) bond motifs is 1. The van der Waals surface area contributed by atoms with E-state index in [1.165, 1.54) is 6.33 Å². The first-order chi connectivity index (χ1) is 13.2. The first-order valence-corrected chi connectivity index (χ1v) is 9.74. The first-order valence-electron chi connectivity index (χ1n) is 9.74. The van der Waals surface area contributed by atoms with Gasteiger partial charge in [0, 0.05) is 45.0 Å². The lowest BCUT2D eigenvalue weighted by atomic mass is 9.91. The van der Waals surface area contributed by atoms with Crippen LogP contribution >= 0.6 is 0 Å². The molecule has 4 rings (SSSR count). The summed E-state index contributed by atoms with van der Waals surface area (Å²) in [5, 5.41) is 0. The van der Waals surface area contributed by atoms with Gasteiger partial charge in [0.2, 0.25) is 5.91 Å². The molecule has 0 unspecified atom stereocenters. The highest BCUT2D eigenvalue weighted by Gasteiger charge is 2.43. The summed E-state index contributed by atoms with van der Waals surface area (Å²) in [4.78, 5) is 36.9. The Balaban J connectivity index is 1.28. The van der Waals surface area contributed by atoms with E-state index in [-0.39, 0.29) is 24.0 Å². The summed E-state index contributed by atoms with van der Waals surface area (Å²) in [6.45, 7) is 3.80. The highest BCUT2D eigenvalue weighted by molar-refractivity contribution is 5.81. The number of carbonyl (C=O) groups is 2. The minimum Gasteiger partial charge on any atom is -0.378 e. The van der Waals surface area contributed by atoms with Crippen molar-refractivity contribution in [1.29, 1.82) is 0 Å². The third-order valence-corrected chi connectivity index (χ3v) is 5.74. The second-order valence-corrected chi connectivity index (χ2v) is 7.47. The van der Waals surface area contributed by atoms with Gasteiger partial charge in [-0.3, -0.25) is 9.59 Å². The van der Waals surface area contributed by atoms with Crippen LogP contribution in [0.3, 0.4) is 0 Å². The Morgan fingerprint density at radius 3 is 2.67 bits per heavy atom. The minimum atomic E-state index is -0.366. The third-order valence-electron chi connectivity index (χ3n) is 5.74. The zero-order valence-electron chi connectivity index (χ0n) is 15.5. The van der Waals surface area contributed by atoms with E-state index in [0.29, 0.717) is 51.6 Å². The van der Waals surface area contributed by atoms with Gasteiger partial charge in [0.25, 0.3) is 5.91 Å². The van der Waals surface area contributed by atoms with Gasteiger partial charge in [-0.15, -0.1) is 0 Å². The molecule has 3 atom stereocenters. The van der Waals surface area contributed by atoms with Crippen molar-refractivity contribution in [3.63, 3.8) is 0 Å². The number of piperidine rings is 1. The number of aryl methyl sites for hydroxylation is 1. The Bertz CT molecular complexity index is 665. The van der Waals surface area contributed by atoms with Gasteiger partial charge in [0.15, 0.2) is 0 Å². The molecule has 0 radical (unpaired) electrons. The van der Waals surface area contributed by atoms with E-state index in [4.69, 9.17) is 9.47 Å². The number of amides is 2. The molecule has 0 bridgehead atoms. The van der Waals surface area contributed by atoms with Crippen LogP contribution in [-0.2, 0) is 25.5 Å². The van der Waals surface area contributed by atoms with Crippen LogP contribution in [0.1, 0.15) is 24.8 Å². The number of likely N-dealkylation sites (tertiary alicyclic amines) is 1. The molecule has 3 saturated heterocycles. The second-order valence-electron chi connectivity index (χ2n) is 7.47. The largest absolute Gasteiger partial charge is 0.378 e. The molecule has 27 heavy (non-hydrogen) atoms. The molecule has 1 aromatic heterocycles. The summed E-state index contributed by atoms with van der Waals surface area (Å²) in [5.41, 5.74) is 0.967. The quantitative estimate of drug-likeness (QED) is 0.752. The van der Waals surface area contributed by atoms with E-state index in [2.05, 4.69) is 9.97 Å². The maximum absolute atomic E-state index is 12.7. The SMILES string of the molecule is O=C(CCc1cncnc1)N1CC[C@H]2C[C@@H](C(=O)N3CCOCC3)O[C@H]2C1. The lowest BCUT2D eigenvalue weighted by molar-refractivity contribution is -0.148. The van der Waals surface area contributed by atoms with Crippen LogP contribution in [0.25, 0.3) is 0 Å². The molecule has 4 heterocycles. The average molecular weight is 374 g/mol. The predicted molar refractivity (Wildman–Crippen MR) is 95.7 cm³/mol. The van der Waals surface area contributed by atoms with Gasteiger partial charge >= 0.3 is 0 Å². The number of hydrogen-bond acceptors (Lipinski definition) is 6. The molecule has 8 heteroatoms. The maximum atomic E-state index is 12.7. The maximum Gasteiger partial charge on any atom is 0.251 e. The normalized spacial score (nSPS) is 28.1. The minimum absolute atomic E-state index is 0.0299. The van der Waals surface area contributed by atoms with E-state index in [0.717, 1.165) is 24.9 Å². The van der Waals surface area contributed by atoms with Crippen LogP contribution in [0.15, 0.2) is 18.7 Å². The van der Waals surface area contributed by atoms with Crippen LogP contribution in [0, 0.1) is 5.92 Å². The lowest BCUT2D eigenvalue weighted by Crippen LogP contribution is -2.46. The fourth-order valence-electron chi connectivity index (χ4n) is 4.17. The number of hydrogen-bond donors (Lipinski definition) is 0. The molecule has 3 aliphatic rings. The number of ether oxygens (including phenoxy) is 2.